The first-order valence-corrected chi connectivity index (χ1v) is 9.72. The molecule has 8 heteroatoms. The van der Waals surface area contributed by atoms with E-state index in [0.29, 0.717) is 5.75 Å². The van der Waals surface area contributed by atoms with Crippen molar-refractivity contribution in [2.75, 3.05) is 13.2 Å². The molecule has 0 saturated carbocycles. The lowest BCUT2D eigenvalue weighted by atomic mass is 10.1. The van der Waals surface area contributed by atoms with E-state index in [1.54, 1.807) is 24.3 Å². The molecule has 0 aliphatic carbocycles. The van der Waals surface area contributed by atoms with Crippen LogP contribution in [-0.4, -0.2) is 42.5 Å². The van der Waals surface area contributed by atoms with Crippen LogP contribution in [0.25, 0.3) is 0 Å². The number of aliphatic hydroxyl groups excluding tert-OH is 1. The minimum Gasteiger partial charge on any atom is -0.507 e. The third-order valence-electron chi connectivity index (χ3n) is 4.23. The SMILES string of the molecule is C=C(C)C(=O)O/C=C(/O)COCC(=O)Oc1ccc(C2OC(C)CC(CC)O2)cc1. The van der Waals surface area contributed by atoms with Crippen molar-refractivity contribution in [1.82, 2.24) is 0 Å². The van der Waals surface area contributed by atoms with Gasteiger partial charge in [0, 0.05) is 11.1 Å². The summed E-state index contributed by atoms with van der Waals surface area (Å²) in [6.07, 6.45) is 2.44. The van der Waals surface area contributed by atoms with Gasteiger partial charge in [-0.2, -0.15) is 0 Å². The Balaban J connectivity index is 1.77. The van der Waals surface area contributed by atoms with Crippen molar-refractivity contribution >= 4 is 11.9 Å². The maximum absolute atomic E-state index is 11.9. The zero-order chi connectivity index (χ0) is 22.1. The Morgan fingerprint density at radius 2 is 1.93 bits per heavy atom. The Morgan fingerprint density at radius 1 is 1.23 bits per heavy atom. The van der Waals surface area contributed by atoms with Crippen LogP contribution >= 0.6 is 0 Å². The fraction of sp³-hybridized carbons (Fsp3) is 0.455. The van der Waals surface area contributed by atoms with Gasteiger partial charge in [0.05, 0.1) is 12.2 Å². The van der Waals surface area contributed by atoms with Crippen LogP contribution in [0.15, 0.2) is 48.4 Å². The minimum atomic E-state index is -0.673. The zero-order valence-corrected chi connectivity index (χ0v) is 17.5. The van der Waals surface area contributed by atoms with Gasteiger partial charge in [0.1, 0.15) is 25.2 Å². The molecule has 2 rings (SSSR count). The predicted octanol–water partition coefficient (Wildman–Crippen LogP) is 3.73. The number of hydrogen-bond donors (Lipinski definition) is 1. The van der Waals surface area contributed by atoms with Crippen LogP contribution in [0.1, 0.15) is 45.5 Å². The van der Waals surface area contributed by atoms with E-state index in [-0.39, 0.29) is 30.1 Å². The van der Waals surface area contributed by atoms with Gasteiger partial charge in [0.15, 0.2) is 12.0 Å². The van der Waals surface area contributed by atoms with Crippen LogP contribution < -0.4 is 4.74 Å². The summed E-state index contributed by atoms with van der Waals surface area (Å²) < 4.78 is 26.6. The Bertz CT molecular complexity index is 768. The van der Waals surface area contributed by atoms with Crippen LogP contribution in [0.4, 0.5) is 0 Å². The fourth-order valence-corrected chi connectivity index (χ4v) is 2.67. The summed E-state index contributed by atoms with van der Waals surface area (Å²) in [5.74, 6) is -1.32. The molecule has 0 spiro atoms. The number of carbonyl (C=O) groups excluding carboxylic acids is 2. The highest BCUT2D eigenvalue weighted by atomic mass is 16.7. The summed E-state index contributed by atoms with van der Waals surface area (Å²) in [5.41, 5.74) is 1.03. The van der Waals surface area contributed by atoms with Gasteiger partial charge in [-0.15, -0.1) is 0 Å². The van der Waals surface area contributed by atoms with Crippen molar-refractivity contribution in [1.29, 1.82) is 0 Å². The predicted molar refractivity (Wildman–Crippen MR) is 108 cm³/mol. The van der Waals surface area contributed by atoms with Gasteiger partial charge >= 0.3 is 11.9 Å². The standard InChI is InChI=1S/C22H28O8/c1-5-18-10-15(4)28-22(30-18)16-6-8-19(9-7-16)29-20(24)13-26-11-17(23)12-27-21(25)14(2)3/h6-9,12,15,18,22-23H,2,5,10-11,13H2,1,3-4H3/b17-12+. The Morgan fingerprint density at radius 3 is 2.57 bits per heavy atom. The average molecular weight is 420 g/mol. The van der Waals surface area contributed by atoms with Gasteiger partial charge in [0.2, 0.25) is 0 Å². The quantitative estimate of drug-likeness (QED) is 0.279. The average Bonchev–Trinajstić information content (AvgIpc) is 2.71. The lowest BCUT2D eigenvalue weighted by Crippen LogP contribution is -2.31. The lowest BCUT2D eigenvalue weighted by Gasteiger charge is -2.34. The summed E-state index contributed by atoms with van der Waals surface area (Å²) >= 11 is 0. The maximum atomic E-state index is 11.9. The molecule has 3 unspecified atom stereocenters. The third-order valence-corrected chi connectivity index (χ3v) is 4.23. The van der Waals surface area contributed by atoms with Gasteiger partial charge in [-0.1, -0.05) is 25.6 Å². The Hall–Kier alpha value is -2.68. The van der Waals surface area contributed by atoms with E-state index in [1.807, 2.05) is 6.92 Å². The van der Waals surface area contributed by atoms with Crippen LogP contribution in [0.5, 0.6) is 5.75 Å². The van der Waals surface area contributed by atoms with E-state index >= 15 is 0 Å². The normalized spacial score (nSPS) is 21.7. The highest BCUT2D eigenvalue weighted by Gasteiger charge is 2.27. The van der Waals surface area contributed by atoms with E-state index in [0.717, 1.165) is 24.7 Å². The first kappa shape index (κ1) is 23.6. The second-order valence-electron chi connectivity index (χ2n) is 7.01. The molecule has 1 aromatic carbocycles. The number of rotatable bonds is 9. The second kappa shape index (κ2) is 11.5. The summed E-state index contributed by atoms with van der Waals surface area (Å²) in [5, 5.41) is 9.55. The molecule has 3 atom stereocenters. The molecule has 1 N–H and O–H groups in total. The van der Waals surface area contributed by atoms with Crippen LogP contribution in [0, 0.1) is 0 Å². The smallest absolute Gasteiger partial charge is 0.338 e. The molecule has 1 aliphatic heterocycles. The van der Waals surface area contributed by atoms with Crippen molar-refractivity contribution in [3.05, 3.63) is 54.0 Å². The summed E-state index contributed by atoms with van der Waals surface area (Å²) in [6, 6.07) is 6.86. The molecule has 164 valence electrons. The highest BCUT2D eigenvalue weighted by molar-refractivity contribution is 5.87. The van der Waals surface area contributed by atoms with Gasteiger partial charge in [-0.05, 0) is 38.8 Å². The van der Waals surface area contributed by atoms with E-state index in [2.05, 4.69) is 18.2 Å². The van der Waals surface area contributed by atoms with E-state index < -0.39 is 24.8 Å². The van der Waals surface area contributed by atoms with Crippen molar-refractivity contribution in [2.24, 2.45) is 0 Å². The second-order valence-corrected chi connectivity index (χ2v) is 7.01. The lowest BCUT2D eigenvalue weighted by molar-refractivity contribution is -0.243. The first-order chi connectivity index (χ1) is 14.3. The third kappa shape index (κ3) is 7.62. The highest BCUT2D eigenvalue weighted by Crippen LogP contribution is 2.31. The van der Waals surface area contributed by atoms with Gasteiger partial charge < -0.3 is 28.8 Å². The molecular formula is C22H28O8. The summed E-state index contributed by atoms with van der Waals surface area (Å²) in [7, 11) is 0. The molecule has 1 fully saturated rings. The number of ether oxygens (including phenoxy) is 5. The fourth-order valence-electron chi connectivity index (χ4n) is 2.67. The molecule has 1 saturated heterocycles. The number of carbonyl (C=O) groups is 2. The molecule has 0 aromatic heterocycles. The topological polar surface area (TPSA) is 101 Å². The first-order valence-electron chi connectivity index (χ1n) is 9.72. The molecular weight excluding hydrogens is 392 g/mol. The van der Waals surface area contributed by atoms with Crippen LogP contribution in [-0.2, 0) is 28.5 Å². The number of esters is 2. The van der Waals surface area contributed by atoms with Crippen molar-refractivity contribution in [2.45, 2.75) is 52.1 Å². The zero-order valence-electron chi connectivity index (χ0n) is 17.5. The van der Waals surface area contributed by atoms with E-state index in [4.69, 9.17) is 18.9 Å². The van der Waals surface area contributed by atoms with Gasteiger partial charge in [0.25, 0.3) is 0 Å². The minimum absolute atomic E-state index is 0.109. The molecule has 1 aliphatic rings. The summed E-state index contributed by atoms with van der Waals surface area (Å²) in [4.78, 5) is 23.1. The largest absolute Gasteiger partial charge is 0.507 e. The molecule has 8 nitrogen and oxygen atoms in total. The molecule has 0 amide bonds. The maximum Gasteiger partial charge on any atom is 0.338 e. The van der Waals surface area contributed by atoms with E-state index in [1.165, 1.54) is 6.92 Å². The van der Waals surface area contributed by atoms with Gasteiger partial charge in [-0.3, -0.25) is 0 Å². The molecule has 1 aromatic rings. The van der Waals surface area contributed by atoms with Crippen LogP contribution in [0.2, 0.25) is 0 Å². The van der Waals surface area contributed by atoms with Crippen LogP contribution in [0.3, 0.4) is 0 Å². The van der Waals surface area contributed by atoms with Crippen molar-refractivity contribution in [3.63, 3.8) is 0 Å². The number of aliphatic hydroxyl groups is 1. The molecule has 30 heavy (non-hydrogen) atoms. The van der Waals surface area contributed by atoms with E-state index in [9.17, 15) is 14.7 Å². The molecule has 1 heterocycles. The van der Waals surface area contributed by atoms with Crippen molar-refractivity contribution in [3.8, 4) is 5.75 Å². The number of benzene rings is 1. The Kier molecular flexibility index (Phi) is 9.04. The Labute approximate surface area is 176 Å². The van der Waals surface area contributed by atoms with Crippen molar-refractivity contribution < 1.29 is 38.4 Å². The monoisotopic (exact) mass is 420 g/mol. The molecule has 0 bridgehead atoms. The molecule has 0 radical (unpaired) electrons. The summed E-state index contributed by atoms with van der Waals surface area (Å²) in [6.45, 7) is 8.28. The van der Waals surface area contributed by atoms with Gasteiger partial charge in [-0.25, -0.2) is 9.59 Å². The number of hydrogen-bond acceptors (Lipinski definition) is 8.